The van der Waals surface area contributed by atoms with E-state index in [2.05, 4.69) is 11.5 Å². The van der Waals surface area contributed by atoms with Crippen molar-refractivity contribution in [2.24, 2.45) is 0 Å². The number of esters is 2. The third kappa shape index (κ3) is 17.7. The number of hydrogen-bond donors (Lipinski definition) is 0. The van der Waals surface area contributed by atoms with E-state index in [-0.39, 0.29) is 19.2 Å². The molecule has 0 unspecified atom stereocenters. The summed E-state index contributed by atoms with van der Waals surface area (Å²) >= 11 is 0. The maximum absolute atomic E-state index is 11.8. The summed E-state index contributed by atoms with van der Waals surface area (Å²) in [6.07, 6.45) is 2.26. The first-order chi connectivity index (χ1) is 15.9. The number of hydrogen-bond acceptors (Lipinski definition) is 11. The van der Waals surface area contributed by atoms with Gasteiger partial charge in [-0.15, -0.1) is 0 Å². The standard InChI is InChI=1S/C21H41NO10Si/c1-6-20(23)31-17-15-29-13-11-28-12-14-30-16-18-32-21(24)8-10-22(2)9-7-19-33(25-3,26-4)27-5/h6H,1,7-19H2,2-5H3. The molecule has 0 N–H and O–H groups in total. The van der Waals surface area contributed by atoms with Crippen LogP contribution in [0.2, 0.25) is 6.04 Å². The van der Waals surface area contributed by atoms with Crippen LogP contribution in [0.3, 0.4) is 0 Å². The third-order valence-electron chi connectivity index (χ3n) is 4.53. The molecule has 0 saturated carbocycles. The van der Waals surface area contributed by atoms with Crippen LogP contribution < -0.4 is 0 Å². The first-order valence-electron chi connectivity index (χ1n) is 10.9. The minimum Gasteiger partial charge on any atom is -0.463 e. The lowest BCUT2D eigenvalue weighted by Crippen LogP contribution is -2.43. The van der Waals surface area contributed by atoms with Gasteiger partial charge in [-0.1, -0.05) is 6.58 Å². The molecule has 0 aliphatic heterocycles. The minimum absolute atomic E-state index is 0.183. The molecule has 0 saturated heterocycles. The van der Waals surface area contributed by atoms with Crippen molar-refractivity contribution in [1.82, 2.24) is 4.90 Å². The van der Waals surface area contributed by atoms with Crippen molar-refractivity contribution in [3.63, 3.8) is 0 Å². The zero-order chi connectivity index (χ0) is 24.8. The van der Waals surface area contributed by atoms with Gasteiger partial charge in [-0.2, -0.15) is 0 Å². The molecule has 0 aliphatic carbocycles. The summed E-state index contributed by atoms with van der Waals surface area (Å²) in [5, 5.41) is 0. The molecular weight excluding hydrogens is 454 g/mol. The van der Waals surface area contributed by atoms with Crippen molar-refractivity contribution < 1.29 is 46.6 Å². The molecule has 11 nitrogen and oxygen atoms in total. The van der Waals surface area contributed by atoms with Crippen molar-refractivity contribution in [2.45, 2.75) is 18.9 Å². The second-order valence-electron chi connectivity index (χ2n) is 6.88. The summed E-state index contributed by atoms with van der Waals surface area (Å²) in [6.45, 7) is 7.32. The van der Waals surface area contributed by atoms with Gasteiger partial charge in [0.1, 0.15) is 13.2 Å². The van der Waals surface area contributed by atoms with Gasteiger partial charge < -0.3 is 41.9 Å². The van der Waals surface area contributed by atoms with E-state index in [1.54, 1.807) is 21.3 Å². The van der Waals surface area contributed by atoms with Crippen molar-refractivity contribution in [2.75, 3.05) is 94.3 Å². The normalized spacial score (nSPS) is 11.5. The molecule has 33 heavy (non-hydrogen) atoms. The zero-order valence-electron chi connectivity index (χ0n) is 20.5. The SMILES string of the molecule is C=CC(=O)OCCOCCOCCOCCOC(=O)CCN(C)CCC[Si](OC)(OC)OC. The maximum atomic E-state index is 11.8. The van der Waals surface area contributed by atoms with Crippen LogP contribution in [-0.2, 0) is 46.6 Å². The van der Waals surface area contributed by atoms with Crippen LogP contribution in [0.5, 0.6) is 0 Å². The quantitative estimate of drug-likeness (QED) is 0.0872. The Bertz CT molecular complexity index is 511. The fraction of sp³-hybridized carbons (Fsp3) is 0.810. The Morgan fingerprint density at radius 1 is 0.788 bits per heavy atom. The summed E-state index contributed by atoms with van der Waals surface area (Å²) in [7, 11) is 4.21. The average Bonchev–Trinajstić information content (AvgIpc) is 2.83. The van der Waals surface area contributed by atoms with Crippen LogP contribution in [0.25, 0.3) is 0 Å². The molecular formula is C21H41NO10Si. The van der Waals surface area contributed by atoms with Crippen molar-refractivity contribution >= 4 is 20.7 Å². The van der Waals surface area contributed by atoms with E-state index in [1.807, 2.05) is 7.05 Å². The van der Waals surface area contributed by atoms with Gasteiger partial charge in [0.05, 0.1) is 46.1 Å². The van der Waals surface area contributed by atoms with Gasteiger partial charge in [-0.05, 0) is 20.0 Å². The fourth-order valence-electron chi connectivity index (χ4n) is 2.60. The Labute approximate surface area is 198 Å². The van der Waals surface area contributed by atoms with E-state index in [0.717, 1.165) is 19.0 Å². The Morgan fingerprint density at radius 2 is 1.27 bits per heavy atom. The molecule has 194 valence electrons. The molecule has 0 radical (unpaired) electrons. The largest absolute Gasteiger partial charge is 0.500 e. The molecule has 12 heteroatoms. The molecule has 0 spiro atoms. The van der Waals surface area contributed by atoms with E-state index >= 15 is 0 Å². The molecule has 0 rings (SSSR count). The molecule has 0 amide bonds. The summed E-state index contributed by atoms with van der Waals surface area (Å²) in [5.74, 6) is -0.728. The van der Waals surface area contributed by atoms with E-state index in [1.165, 1.54) is 0 Å². The summed E-state index contributed by atoms with van der Waals surface area (Å²) in [4.78, 5) is 24.7. The molecule has 0 aromatic heterocycles. The molecule has 0 aliphatic rings. The summed E-state index contributed by atoms with van der Waals surface area (Å²) < 4.78 is 42.1. The fourth-order valence-corrected chi connectivity index (χ4v) is 4.31. The highest BCUT2D eigenvalue weighted by molar-refractivity contribution is 6.60. The molecule has 0 aromatic rings. The van der Waals surface area contributed by atoms with Crippen molar-refractivity contribution in [3.05, 3.63) is 12.7 Å². The Kier molecular flexibility index (Phi) is 20.3. The number of carbonyl (C=O) groups excluding carboxylic acids is 2. The summed E-state index contributed by atoms with van der Waals surface area (Å²) in [5.41, 5.74) is 0. The Hall–Kier alpha value is -1.38. The average molecular weight is 496 g/mol. The van der Waals surface area contributed by atoms with Crippen LogP contribution in [0.4, 0.5) is 0 Å². The Balaban J connectivity index is 3.50. The maximum Gasteiger partial charge on any atom is 0.500 e. The number of nitrogens with zero attached hydrogens (tertiary/aromatic N) is 1. The highest BCUT2D eigenvalue weighted by Crippen LogP contribution is 2.15. The highest BCUT2D eigenvalue weighted by Gasteiger charge is 2.36. The van der Waals surface area contributed by atoms with Gasteiger partial charge in [0.15, 0.2) is 0 Å². The van der Waals surface area contributed by atoms with E-state index < -0.39 is 14.8 Å². The first-order valence-corrected chi connectivity index (χ1v) is 12.9. The van der Waals surface area contributed by atoms with Crippen molar-refractivity contribution in [1.29, 1.82) is 0 Å². The predicted octanol–water partition coefficient (Wildman–Crippen LogP) is 0.899. The van der Waals surface area contributed by atoms with Crippen LogP contribution in [-0.4, -0.2) is 120 Å². The summed E-state index contributed by atoms with van der Waals surface area (Å²) in [6, 6.07) is 0.715. The lowest BCUT2D eigenvalue weighted by atomic mass is 10.3. The topological polar surface area (TPSA) is 111 Å². The molecule has 0 heterocycles. The molecule has 0 aromatic carbocycles. The van der Waals surface area contributed by atoms with Gasteiger partial charge in [0.25, 0.3) is 0 Å². The van der Waals surface area contributed by atoms with Gasteiger partial charge >= 0.3 is 20.7 Å². The van der Waals surface area contributed by atoms with Crippen molar-refractivity contribution in [3.8, 4) is 0 Å². The van der Waals surface area contributed by atoms with Gasteiger partial charge in [0, 0.05) is 40.0 Å². The Morgan fingerprint density at radius 3 is 1.76 bits per heavy atom. The number of ether oxygens (including phenoxy) is 5. The lowest BCUT2D eigenvalue weighted by Gasteiger charge is -2.25. The monoisotopic (exact) mass is 495 g/mol. The van der Waals surface area contributed by atoms with E-state index in [4.69, 9.17) is 37.0 Å². The first kappa shape index (κ1) is 31.6. The third-order valence-corrected chi connectivity index (χ3v) is 7.36. The van der Waals surface area contributed by atoms with Crippen LogP contribution in [0.1, 0.15) is 12.8 Å². The smallest absolute Gasteiger partial charge is 0.463 e. The van der Waals surface area contributed by atoms with Crippen LogP contribution in [0, 0.1) is 0 Å². The second-order valence-corrected chi connectivity index (χ2v) is 9.97. The van der Waals surface area contributed by atoms with Gasteiger partial charge in [-0.25, -0.2) is 4.79 Å². The van der Waals surface area contributed by atoms with E-state index in [9.17, 15) is 9.59 Å². The highest BCUT2D eigenvalue weighted by atomic mass is 28.4. The molecule has 0 fully saturated rings. The van der Waals surface area contributed by atoms with E-state index in [0.29, 0.717) is 58.7 Å². The predicted molar refractivity (Wildman–Crippen MR) is 123 cm³/mol. The van der Waals surface area contributed by atoms with Gasteiger partial charge in [0.2, 0.25) is 0 Å². The number of carbonyl (C=O) groups is 2. The van der Waals surface area contributed by atoms with Crippen LogP contribution in [0.15, 0.2) is 12.7 Å². The van der Waals surface area contributed by atoms with Gasteiger partial charge in [-0.3, -0.25) is 4.79 Å². The minimum atomic E-state index is -2.54. The number of rotatable bonds is 23. The molecule has 0 atom stereocenters. The lowest BCUT2D eigenvalue weighted by molar-refractivity contribution is -0.145. The zero-order valence-corrected chi connectivity index (χ0v) is 21.5. The molecule has 0 bridgehead atoms. The van der Waals surface area contributed by atoms with Crippen LogP contribution >= 0.6 is 0 Å². The second kappa shape index (κ2) is 21.2.